The van der Waals surface area contributed by atoms with Gasteiger partial charge >= 0.3 is 0 Å². The van der Waals surface area contributed by atoms with E-state index in [0.717, 1.165) is 34.4 Å². The van der Waals surface area contributed by atoms with Crippen molar-refractivity contribution in [1.29, 1.82) is 0 Å². The zero-order valence-corrected chi connectivity index (χ0v) is 11.5. The summed E-state index contributed by atoms with van der Waals surface area (Å²) in [6.07, 6.45) is 2.18. The van der Waals surface area contributed by atoms with Crippen molar-refractivity contribution in [2.45, 2.75) is 18.9 Å². The molecule has 0 spiro atoms. The number of aromatic amines is 1. The molecule has 0 radical (unpaired) electrons. The Morgan fingerprint density at radius 1 is 1.35 bits per heavy atom. The Hall–Kier alpha value is -2.14. The van der Waals surface area contributed by atoms with E-state index < -0.39 is 0 Å². The van der Waals surface area contributed by atoms with Gasteiger partial charge in [0.2, 0.25) is 0 Å². The zero-order valence-electron chi connectivity index (χ0n) is 10.7. The maximum absolute atomic E-state index is 11.9. The number of benzene rings is 1. The minimum absolute atomic E-state index is 0.0638. The van der Waals surface area contributed by atoms with Gasteiger partial charge in [0, 0.05) is 22.3 Å². The van der Waals surface area contributed by atoms with Gasteiger partial charge in [0.1, 0.15) is 10.7 Å². The van der Waals surface area contributed by atoms with Crippen LogP contribution in [0.15, 0.2) is 35.7 Å². The van der Waals surface area contributed by atoms with E-state index in [1.807, 2.05) is 23.6 Å². The fourth-order valence-electron chi connectivity index (χ4n) is 2.18. The van der Waals surface area contributed by atoms with Gasteiger partial charge < -0.3 is 10.3 Å². The number of aromatic nitrogens is 2. The fourth-order valence-corrected chi connectivity index (χ4v) is 2.95. The number of thiazole rings is 1. The van der Waals surface area contributed by atoms with E-state index in [1.54, 1.807) is 0 Å². The first-order chi connectivity index (χ1) is 9.79. The van der Waals surface area contributed by atoms with Crippen LogP contribution in [0.1, 0.15) is 23.3 Å². The van der Waals surface area contributed by atoms with Crippen LogP contribution < -0.4 is 5.32 Å². The summed E-state index contributed by atoms with van der Waals surface area (Å²) in [5, 5.41) is 6.78. The molecule has 0 bridgehead atoms. The molecule has 100 valence electrons. The van der Waals surface area contributed by atoms with Crippen LogP contribution in [0, 0.1) is 0 Å². The van der Waals surface area contributed by atoms with Gasteiger partial charge in [0.15, 0.2) is 0 Å². The molecule has 20 heavy (non-hydrogen) atoms. The first-order valence-electron chi connectivity index (χ1n) is 6.64. The monoisotopic (exact) mass is 283 g/mol. The fraction of sp³-hybridized carbons (Fsp3) is 0.200. The Balaban J connectivity index is 1.64. The third kappa shape index (κ3) is 2.10. The molecule has 3 aromatic rings. The minimum atomic E-state index is -0.0638. The summed E-state index contributed by atoms with van der Waals surface area (Å²) in [6, 6.07) is 10.5. The molecule has 0 atom stereocenters. The van der Waals surface area contributed by atoms with E-state index in [1.165, 1.54) is 11.3 Å². The lowest BCUT2D eigenvalue weighted by Gasteiger charge is -1.98. The molecular weight excluding hydrogens is 270 g/mol. The molecule has 1 aliphatic rings. The van der Waals surface area contributed by atoms with Gasteiger partial charge in [-0.3, -0.25) is 4.79 Å². The molecule has 5 heteroatoms. The van der Waals surface area contributed by atoms with Crippen molar-refractivity contribution in [2.75, 3.05) is 0 Å². The summed E-state index contributed by atoms with van der Waals surface area (Å²) >= 11 is 1.49. The van der Waals surface area contributed by atoms with E-state index in [-0.39, 0.29) is 5.91 Å². The van der Waals surface area contributed by atoms with E-state index >= 15 is 0 Å². The van der Waals surface area contributed by atoms with Gasteiger partial charge in [-0.15, -0.1) is 11.3 Å². The molecule has 4 rings (SSSR count). The van der Waals surface area contributed by atoms with Crippen molar-refractivity contribution < 1.29 is 4.79 Å². The number of hydrogen-bond donors (Lipinski definition) is 2. The van der Waals surface area contributed by atoms with Crippen molar-refractivity contribution in [1.82, 2.24) is 15.3 Å². The lowest BCUT2D eigenvalue weighted by molar-refractivity contribution is 0.0947. The Bertz CT molecular complexity index is 752. The zero-order chi connectivity index (χ0) is 13.5. The predicted octanol–water partition coefficient (Wildman–Crippen LogP) is 3.18. The predicted molar refractivity (Wildman–Crippen MR) is 79.9 cm³/mol. The minimum Gasteiger partial charge on any atom is -0.353 e. The third-order valence-electron chi connectivity index (χ3n) is 3.41. The second kappa shape index (κ2) is 4.45. The highest BCUT2D eigenvalue weighted by Crippen LogP contribution is 2.27. The Morgan fingerprint density at radius 3 is 3.00 bits per heavy atom. The van der Waals surface area contributed by atoms with Crippen molar-refractivity contribution in [2.24, 2.45) is 0 Å². The van der Waals surface area contributed by atoms with Crippen LogP contribution in [0.25, 0.3) is 21.6 Å². The maximum Gasteiger partial charge on any atom is 0.270 e. The van der Waals surface area contributed by atoms with Crippen molar-refractivity contribution in [3.8, 4) is 10.7 Å². The average Bonchev–Trinajstić information content (AvgIpc) is 3.00. The van der Waals surface area contributed by atoms with E-state index in [0.29, 0.717) is 11.7 Å². The molecule has 2 N–H and O–H groups in total. The summed E-state index contributed by atoms with van der Waals surface area (Å²) < 4.78 is 0. The molecular formula is C15H13N3OS. The summed E-state index contributed by atoms with van der Waals surface area (Å²) in [5.41, 5.74) is 2.55. The maximum atomic E-state index is 11.9. The third-order valence-corrected chi connectivity index (χ3v) is 4.29. The number of rotatable bonds is 3. The number of fused-ring (bicyclic) bond motifs is 1. The highest BCUT2D eigenvalue weighted by Gasteiger charge is 2.25. The SMILES string of the molecule is O=C(NC1CC1)c1csc(-c2cc3ccccc3[nH]2)n1. The summed E-state index contributed by atoms with van der Waals surface area (Å²) in [5.74, 6) is -0.0638. The number of carbonyl (C=O) groups excluding carboxylic acids is 1. The number of nitrogens with zero attached hydrogens (tertiary/aromatic N) is 1. The molecule has 4 nitrogen and oxygen atoms in total. The molecule has 1 fully saturated rings. The quantitative estimate of drug-likeness (QED) is 0.775. The second-order valence-electron chi connectivity index (χ2n) is 5.06. The van der Waals surface area contributed by atoms with Crippen LogP contribution in [0.2, 0.25) is 0 Å². The van der Waals surface area contributed by atoms with Crippen LogP contribution in [0.5, 0.6) is 0 Å². The molecule has 1 saturated carbocycles. The molecule has 0 unspecified atom stereocenters. The average molecular weight is 283 g/mol. The number of H-pyrrole nitrogens is 1. The summed E-state index contributed by atoms with van der Waals surface area (Å²) in [6.45, 7) is 0. The summed E-state index contributed by atoms with van der Waals surface area (Å²) in [4.78, 5) is 19.7. The normalized spacial score (nSPS) is 14.6. The Kier molecular flexibility index (Phi) is 2.60. The number of amides is 1. The van der Waals surface area contributed by atoms with Gasteiger partial charge in [0.05, 0.1) is 5.69 Å². The molecule has 2 aromatic heterocycles. The van der Waals surface area contributed by atoms with Crippen molar-refractivity contribution >= 4 is 28.1 Å². The largest absolute Gasteiger partial charge is 0.353 e. The van der Waals surface area contributed by atoms with E-state index in [2.05, 4.69) is 27.4 Å². The van der Waals surface area contributed by atoms with Gasteiger partial charge in [-0.2, -0.15) is 0 Å². The molecule has 2 heterocycles. The first-order valence-corrected chi connectivity index (χ1v) is 7.52. The lowest BCUT2D eigenvalue weighted by atomic mass is 10.2. The van der Waals surface area contributed by atoms with Crippen LogP contribution in [-0.2, 0) is 0 Å². The van der Waals surface area contributed by atoms with Crippen molar-refractivity contribution in [3.05, 3.63) is 41.4 Å². The van der Waals surface area contributed by atoms with Gasteiger partial charge in [0.25, 0.3) is 5.91 Å². The standard InChI is InChI=1S/C15H13N3OS/c19-14(16-10-5-6-10)13-8-20-15(18-13)12-7-9-3-1-2-4-11(9)17-12/h1-4,7-8,10,17H,5-6H2,(H,16,19). The molecule has 0 saturated heterocycles. The molecule has 0 aliphatic heterocycles. The van der Waals surface area contributed by atoms with Crippen LogP contribution >= 0.6 is 11.3 Å². The highest BCUT2D eigenvalue weighted by atomic mass is 32.1. The van der Waals surface area contributed by atoms with Crippen molar-refractivity contribution in [3.63, 3.8) is 0 Å². The number of hydrogen-bond acceptors (Lipinski definition) is 3. The Labute approximate surface area is 119 Å². The number of para-hydroxylation sites is 1. The van der Waals surface area contributed by atoms with Gasteiger partial charge in [-0.1, -0.05) is 18.2 Å². The topological polar surface area (TPSA) is 57.8 Å². The molecule has 1 aromatic carbocycles. The van der Waals surface area contributed by atoms with Gasteiger partial charge in [-0.05, 0) is 25.0 Å². The lowest BCUT2D eigenvalue weighted by Crippen LogP contribution is -2.25. The molecule has 1 aliphatic carbocycles. The van der Waals surface area contributed by atoms with Crippen LogP contribution in [0.3, 0.4) is 0 Å². The van der Waals surface area contributed by atoms with Crippen LogP contribution in [-0.4, -0.2) is 21.9 Å². The number of carbonyl (C=O) groups is 1. The molecule has 1 amide bonds. The smallest absolute Gasteiger partial charge is 0.270 e. The van der Waals surface area contributed by atoms with E-state index in [9.17, 15) is 4.79 Å². The van der Waals surface area contributed by atoms with E-state index in [4.69, 9.17) is 0 Å². The van der Waals surface area contributed by atoms with Gasteiger partial charge in [-0.25, -0.2) is 4.98 Å². The second-order valence-corrected chi connectivity index (χ2v) is 5.91. The highest BCUT2D eigenvalue weighted by molar-refractivity contribution is 7.13. The Morgan fingerprint density at radius 2 is 2.20 bits per heavy atom. The number of nitrogens with one attached hydrogen (secondary N) is 2. The first kappa shape index (κ1) is 11.7. The van der Waals surface area contributed by atoms with Crippen LogP contribution in [0.4, 0.5) is 0 Å². The summed E-state index contributed by atoms with van der Waals surface area (Å²) in [7, 11) is 0.